The number of unbranched alkanes of at least 4 members (excludes halogenated alkanes) is 1. The number of amides is 4. The molecule has 2 atom stereocenters. The molecule has 0 bridgehead atoms. The first-order chi connectivity index (χ1) is 18.7. The molecule has 1 aliphatic rings. The number of carbonyl (C=O) groups excluding carboxylic acids is 3. The van der Waals surface area contributed by atoms with E-state index in [0.717, 1.165) is 19.3 Å². The molecule has 2 aromatic heterocycles. The van der Waals surface area contributed by atoms with Gasteiger partial charge in [-0.1, -0.05) is 25.5 Å². The molecule has 1 saturated heterocycles. The summed E-state index contributed by atoms with van der Waals surface area (Å²) in [5.74, 6) is 0.597. The summed E-state index contributed by atoms with van der Waals surface area (Å²) in [7, 11) is 0. The van der Waals surface area contributed by atoms with Gasteiger partial charge in [-0.3, -0.25) is 10.1 Å². The van der Waals surface area contributed by atoms with Crippen LogP contribution in [-0.2, 0) is 17.6 Å². The Morgan fingerprint density at radius 1 is 1.10 bits per heavy atom. The second-order valence-electron chi connectivity index (χ2n) is 9.57. The highest BCUT2D eigenvalue weighted by molar-refractivity contribution is 6.00. The maximum atomic E-state index is 12.9. The van der Waals surface area contributed by atoms with E-state index in [0.29, 0.717) is 30.4 Å². The predicted molar refractivity (Wildman–Crippen MR) is 144 cm³/mol. The Balaban J connectivity index is 1.41. The molecular formula is C27H34N6O6. The van der Waals surface area contributed by atoms with Gasteiger partial charge >= 0.3 is 12.1 Å². The van der Waals surface area contributed by atoms with Crippen LogP contribution in [0, 0.1) is 0 Å². The summed E-state index contributed by atoms with van der Waals surface area (Å²) < 4.78 is 16.4. The molecule has 1 unspecified atom stereocenters. The van der Waals surface area contributed by atoms with Crippen LogP contribution in [0.2, 0.25) is 0 Å². The van der Waals surface area contributed by atoms with Gasteiger partial charge in [0.1, 0.15) is 11.6 Å². The molecule has 1 fully saturated rings. The number of hydrogen-bond acceptors (Lipinski definition) is 7. The minimum Gasteiger partial charge on any atom is -0.455 e. The maximum absolute atomic E-state index is 12.9. The van der Waals surface area contributed by atoms with Gasteiger partial charge in [0.2, 0.25) is 0 Å². The van der Waals surface area contributed by atoms with Crippen LogP contribution in [0.5, 0.6) is 5.88 Å². The van der Waals surface area contributed by atoms with Crippen LogP contribution in [0.15, 0.2) is 40.8 Å². The molecule has 0 aliphatic carbocycles. The quantitative estimate of drug-likeness (QED) is 0.315. The summed E-state index contributed by atoms with van der Waals surface area (Å²) in [6.07, 6.45) is 2.11. The lowest BCUT2D eigenvalue weighted by Gasteiger charge is -2.34. The molecule has 12 nitrogen and oxygen atoms in total. The van der Waals surface area contributed by atoms with Gasteiger partial charge in [-0.2, -0.15) is 4.98 Å². The maximum Gasteiger partial charge on any atom is 0.411 e. The SMILES string of the molecule is CCCCc1ccc(NC(=O)Nc2[nH]c(Cc3ccc(C(=O)N4CC(C)O[C@@H](C)C4)o3)nc2OC(N)=O)cc1. The lowest BCUT2D eigenvalue weighted by atomic mass is 10.1. The van der Waals surface area contributed by atoms with Crippen molar-refractivity contribution in [3.63, 3.8) is 0 Å². The highest BCUT2D eigenvalue weighted by Crippen LogP contribution is 2.24. The van der Waals surface area contributed by atoms with Crippen molar-refractivity contribution < 1.29 is 28.3 Å². The second-order valence-corrected chi connectivity index (χ2v) is 9.57. The summed E-state index contributed by atoms with van der Waals surface area (Å²) in [5.41, 5.74) is 6.96. The van der Waals surface area contributed by atoms with E-state index in [1.807, 2.05) is 38.1 Å². The van der Waals surface area contributed by atoms with E-state index >= 15 is 0 Å². The van der Waals surface area contributed by atoms with Crippen LogP contribution in [0.3, 0.4) is 0 Å². The van der Waals surface area contributed by atoms with Gasteiger partial charge in [-0.15, -0.1) is 0 Å². The Kier molecular flexibility index (Phi) is 8.87. The molecule has 4 amide bonds. The summed E-state index contributed by atoms with van der Waals surface area (Å²) in [4.78, 5) is 45.7. The largest absolute Gasteiger partial charge is 0.455 e. The number of furan rings is 1. The first kappa shape index (κ1) is 27.7. The van der Waals surface area contributed by atoms with Crippen molar-refractivity contribution in [1.29, 1.82) is 0 Å². The normalized spacial score (nSPS) is 17.1. The van der Waals surface area contributed by atoms with E-state index in [9.17, 15) is 14.4 Å². The number of primary amides is 1. The van der Waals surface area contributed by atoms with Gasteiger partial charge in [-0.25, -0.2) is 9.59 Å². The average Bonchev–Trinajstić information content (AvgIpc) is 3.49. The summed E-state index contributed by atoms with van der Waals surface area (Å²) in [6.45, 7) is 6.93. The molecule has 0 radical (unpaired) electrons. The number of aryl methyl sites for hydroxylation is 1. The van der Waals surface area contributed by atoms with Crippen molar-refractivity contribution in [2.45, 2.75) is 58.7 Å². The number of ether oxygens (including phenoxy) is 2. The molecule has 5 N–H and O–H groups in total. The minimum atomic E-state index is -1.08. The second kappa shape index (κ2) is 12.5. The number of morpholine rings is 1. The van der Waals surface area contributed by atoms with Crippen molar-refractivity contribution in [3.8, 4) is 5.88 Å². The Morgan fingerprint density at radius 2 is 1.82 bits per heavy atom. The fourth-order valence-electron chi connectivity index (χ4n) is 4.41. The monoisotopic (exact) mass is 538 g/mol. The number of rotatable bonds is 9. The Bertz CT molecular complexity index is 1290. The van der Waals surface area contributed by atoms with Crippen LogP contribution in [0.4, 0.5) is 21.1 Å². The number of nitrogens with zero attached hydrogens (tertiary/aromatic N) is 2. The van der Waals surface area contributed by atoms with Gasteiger partial charge in [0.15, 0.2) is 11.6 Å². The molecule has 3 aromatic rings. The summed E-state index contributed by atoms with van der Waals surface area (Å²) >= 11 is 0. The number of hydrogen-bond donors (Lipinski definition) is 4. The molecule has 4 rings (SSSR count). The molecule has 3 heterocycles. The van der Waals surface area contributed by atoms with E-state index in [-0.39, 0.29) is 42.0 Å². The summed E-state index contributed by atoms with van der Waals surface area (Å²) in [6, 6.07) is 10.3. The number of imidazole rings is 1. The average molecular weight is 539 g/mol. The molecule has 0 spiro atoms. The number of anilines is 2. The third kappa shape index (κ3) is 7.60. The zero-order valence-corrected chi connectivity index (χ0v) is 22.3. The fraction of sp³-hybridized carbons (Fsp3) is 0.407. The fourth-order valence-corrected chi connectivity index (χ4v) is 4.41. The van der Waals surface area contributed by atoms with Crippen molar-refractivity contribution in [2.75, 3.05) is 23.7 Å². The van der Waals surface area contributed by atoms with E-state index in [2.05, 4.69) is 27.5 Å². The summed E-state index contributed by atoms with van der Waals surface area (Å²) in [5, 5.41) is 5.32. The molecule has 0 saturated carbocycles. The number of urea groups is 1. The van der Waals surface area contributed by atoms with Gasteiger partial charge in [0.05, 0.1) is 18.6 Å². The minimum absolute atomic E-state index is 0.0417. The molecular weight excluding hydrogens is 504 g/mol. The zero-order valence-electron chi connectivity index (χ0n) is 22.3. The van der Waals surface area contributed by atoms with E-state index in [1.165, 1.54) is 5.56 Å². The van der Waals surface area contributed by atoms with Crippen molar-refractivity contribution in [1.82, 2.24) is 14.9 Å². The lowest BCUT2D eigenvalue weighted by Crippen LogP contribution is -2.48. The number of carbonyl (C=O) groups is 3. The van der Waals surface area contributed by atoms with E-state index in [1.54, 1.807) is 17.0 Å². The van der Waals surface area contributed by atoms with Crippen molar-refractivity contribution in [3.05, 3.63) is 59.3 Å². The topological polar surface area (TPSA) is 165 Å². The van der Waals surface area contributed by atoms with Gasteiger partial charge < -0.3 is 34.8 Å². The van der Waals surface area contributed by atoms with Crippen LogP contribution in [-0.4, -0.2) is 58.2 Å². The number of aromatic amines is 1. The third-order valence-corrected chi connectivity index (χ3v) is 6.11. The van der Waals surface area contributed by atoms with Crippen LogP contribution < -0.4 is 21.1 Å². The third-order valence-electron chi connectivity index (χ3n) is 6.11. The number of benzene rings is 1. The first-order valence-electron chi connectivity index (χ1n) is 13.0. The van der Waals surface area contributed by atoms with E-state index in [4.69, 9.17) is 19.6 Å². The first-order valence-corrected chi connectivity index (χ1v) is 13.0. The molecule has 1 aliphatic heterocycles. The number of H-pyrrole nitrogens is 1. The highest BCUT2D eigenvalue weighted by Gasteiger charge is 2.28. The standard InChI is InChI=1S/C27H34N6O6/c1-4-5-6-18-7-9-19(10-8-18)29-27(36)32-23-24(39-26(28)35)31-22(30-23)13-20-11-12-21(38-20)25(34)33-14-16(2)37-17(3)15-33/h7-12,16-17H,4-6,13-15H2,1-3H3,(H2,28,35)(H,30,31)(H2,29,32,36)/t16-,17?/m0/s1. The zero-order chi connectivity index (χ0) is 27.9. The number of nitrogens with two attached hydrogens (primary N) is 1. The lowest BCUT2D eigenvalue weighted by molar-refractivity contribution is -0.0592. The van der Waals surface area contributed by atoms with Crippen LogP contribution >= 0.6 is 0 Å². The van der Waals surface area contributed by atoms with Gasteiger partial charge in [0, 0.05) is 18.8 Å². The van der Waals surface area contributed by atoms with Gasteiger partial charge in [0.25, 0.3) is 11.8 Å². The number of nitrogens with one attached hydrogen (secondary N) is 3. The van der Waals surface area contributed by atoms with E-state index < -0.39 is 12.1 Å². The van der Waals surface area contributed by atoms with Crippen LogP contribution in [0.1, 0.15) is 61.3 Å². The highest BCUT2D eigenvalue weighted by atomic mass is 16.6. The van der Waals surface area contributed by atoms with Crippen LogP contribution in [0.25, 0.3) is 0 Å². The smallest absolute Gasteiger partial charge is 0.411 e. The Labute approximate surface area is 226 Å². The molecule has 208 valence electrons. The molecule has 1 aromatic carbocycles. The molecule has 39 heavy (non-hydrogen) atoms. The Hall–Kier alpha value is -4.32. The van der Waals surface area contributed by atoms with Gasteiger partial charge in [-0.05, 0) is 56.5 Å². The predicted octanol–water partition coefficient (Wildman–Crippen LogP) is 4.29. The van der Waals surface area contributed by atoms with Crippen molar-refractivity contribution >= 4 is 29.5 Å². The Morgan fingerprint density at radius 3 is 2.49 bits per heavy atom. The number of aromatic nitrogens is 2. The van der Waals surface area contributed by atoms with Crippen molar-refractivity contribution in [2.24, 2.45) is 5.73 Å². The molecule has 12 heteroatoms.